The molecule has 4 heterocycles. The third kappa shape index (κ3) is 2.63. The number of aromatic nitrogens is 2. The first-order chi connectivity index (χ1) is 10.7. The Bertz CT molecular complexity index is 678. The molecule has 0 aliphatic carbocycles. The van der Waals surface area contributed by atoms with Crippen molar-refractivity contribution in [2.75, 3.05) is 18.0 Å². The molecular formula is C17H19BrN4. The topological polar surface area (TPSA) is 32.3 Å². The molecule has 2 atom stereocenters. The van der Waals surface area contributed by atoms with Gasteiger partial charge in [0.1, 0.15) is 0 Å². The van der Waals surface area contributed by atoms with Crippen molar-refractivity contribution in [3.63, 3.8) is 0 Å². The summed E-state index contributed by atoms with van der Waals surface area (Å²) in [6, 6.07) is 11.8. The number of rotatable bonds is 3. The van der Waals surface area contributed by atoms with Gasteiger partial charge in [-0.2, -0.15) is 0 Å². The van der Waals surface area contributed by atoms with Crippen molar-refractivity contribution < 1.29 is 0 Å². The van der Waals surface area contributed by atoms with Crippen LogP contribution in [0.1, 0.15) is 17.7 Å². The van der Waals surface area contributed by atoms with Gasteiger partial charge in [0.2, 0.25) is 5.95 Å². The molecule has 3 saturated heterocycles. The van der Waals surface area contributed by atoms with Gasteiger partial charge >= 0.3 is 0 Å². The van der Waals surface area contributed by atoms with Gasteiger partial charge in [0.15, 0.2) is 0 Å². The summed E-state index contributed by atoms with van der Waals surface area (Å²) in [5, 5.41) is 0. The monoisotopic (exact) mass is 358 g/mol. The molecule has 5 rings (SSSR count). The maximum Gasteiger partial charge on any atom is 0.225 e. The lowest BCUT2D eigenvalue weighted by atomic mass is 9.87. The molecule has 0 spiro atoms. The number of hydrogen-bond donors (Lipinski definition) is 0. The van der Waals surface area contributed by atoms with E-state index in [0.717, 1.165) is 35.7 Å². The molecule has 3 aliphatic rings. The predicted octanol–water partition coefficient (Wildman–Crippen LogP) is 3.01. The molecule has 2 bridgehead atoms. The summed E-state index contributed by atoms with van der Waals surface area (Å²) < 4.78 is 1.16. The smallest absolute Gasteiger partial charge is 0.225 e. The number of anilines is 1. The molecule has 4 nitrogen and oxygen atoms in total. The summed E-state index contributed by atoms with van der Waals surface area (Å²) in [5.74, 6) is 0.886. The zero-order chi connectivity index (χ0) is 15.1. The predicted molar refractivity (Wildman–Crippen MR) is 90.9 cm³/mol. The number of fused-ring (bicyclic) bond motifs is 2. The molecule has 0 radical (unpaired) electrons. The van der Waals surface area contributed by atoms with Crippen LogP contribution in [0.25, 0.3) is 0 Å². The Kier molecular flexibility index (Phi) is 3.62. The summed E-state index contributed by atoms with van der Waals surface area (Å²) in [4.78, 5) is 13.9. The van der Waals surface area contributed by atoms with Crippen molar-refractivity contribution in [2.24, 2.45) is 0 Å². The molecule has 2 unspecified atom stereocenters. The van der Waals surface area contributed by atoms with Crippen LogP contribution in [0.15, 0.2) is 41.0 Å². The van der Waals surface area contributed by atoms with Gasteiger partial charge in [0, 0.05) is 48.1 Å². The van der Waals surface area contributed by atoms with E-state index in [4.69, 9.17) is 0 Å². The molecule has 22 heavy (non-hydrogen) atoms. The summed E-state index contributed by atoms with van der Waals surface area (Å²) in [6.45, 7) is 5.13. The minimum absolute atomic E-state index is 0.627. The minimum Gasteiger partial charge on any atom is -0.338 e. The van der Waals surface area contributed by atoms with Crippen LogP contribution in [-0.4, -0.2) is 40.0 Å². The van der Waals surface area contributed by atoms with E-state index in [0.29, 0.717) is 12.1 Å². The highest BCUT2D eigenvalue weighted by Crippen LogP contribution is 2.35. The van der Waals surface area contributed by atoms with Gasteiger partial charge < -0.3 is 4.90 Å². The molecule has 1 aromatic heterocycles. The molecule has 3 fully saturated rings. The number of halogens is 1. The first kappa shape index (κ1) is 14.2. The average Bonchev–Trinajstić information content (AvgIpc) is 2.53. The van der Waals surface area contributed by atoms with Gasteiger partial charge in [0.25, 0.3) is 0 Å². The van der Waals surface area contributed by atoms with E-state index in [2.05, 4.69) is 60.0 Å². The SMILES string of the molecule is Cc1ccnc(N2CC3CC(C2)N3Cc2cccc(Br)c2)n1. The molecule has 3 aliphatic heterocycles. The van der Waals surface area contributed by atoms with Crippen molar-refractivity contribution in [3.05, 3.63) is 52.3 Å². The van der Waals surface area contributed by atoms with Crippen LogP contribution in [0, 0.1) is 6.92 Å². The molecule has 2 aromatic rings. The minimum atomic E-state index is 0.627. The molecule has 5 heteroatoms. The van der Waals surface area contributed by atoms with E-state index in [1.807, 2.05) is 19.2 Å². The Morgan fingerprint density at radius 3 is 2.77 bits per heavy atom. The molecular weight excluding hydrogens is 340 g/mol. The van der Waals surface area contributed by atoms with Gasteiger partial charge in [-0.25, -0.2) is 9.97 Å². The Labute approximate surface area is 139 Å². The number of benzene rings is 1. The van der Waals surface area contributed by atoms with Crippen LogP contribution in [0.5, 0.6) is 0 Å². The van der Waals surface area contributed by atoms with Crippen LogP contribution in [0.2, 0.25) is 0 Å². The van der Waals surface area contributed by atoms with Crippen LogP contribution < -0.4 is 4.90 Å². The fraction of sp³-hybridized carbons (Fsp3) is 0.412. The zero-order valence-corrected chi connectivity index (χ0v) is 14.2. The summed E-state index contributed by atoms with van der Waals surface area (Å²) >= 11 is 3.56. The van der Waals surface area contributed by atoms with Crippen LogP contribution in [0.4, 0.5) is 5.95 Å². The van der Waals surface area contributed by atoms with Crippen molar-refractivity contribution in [1.82, 2.24) is 14.9 Å². The first-order valence-electron chi connectivity index (χ1n) is 7.74. The molecule has 114 valence electrons. The van der Waals surface area contributed by atoms with Gasteiger partial charge in [-0.3, -0.25) is 4.90 Å². The highest BCUT2D eigenvalue weighted by molar-refractivity contribution is 9.10. The third-order valence-electron chi connectivity index (χ3n) is 4.66. The fourth-order valence-corrected chi connectivity index (χ4v) is 3.99. The van der Waals surface area contributed by atoms with E-state index in [-0.39, 0.29) is 0 Å². The van der Waals surface area contributed by atoms with Gasteiger partial charge in [-0.05, 0) is 37.1 Å². The van der Waals surface area contributed by atoms with Crippen LogP contribution in [0.3, 0.4) is 0 Å². The number of piperazine rings is 1. The van der Waals surface area contributed by atoms with Crippen LogP contribution >= 0.6 is 15.9 Å². The second kappa shape index (κ2) is 5.63. The second-order valence-corrected chi connectivity index (χ2v) is 7.16. The lowest BCUT2D eigenvalue weighted by Crippen LogP contribution is -2.68. The number of piperidine rings is 1. The van der Waals surface area contributed by atoms with E-state index in [1.165, 1.54) is 12.0 Å². The maximum absolute atomic E-state index is 4.56. The van der Waals surface area contributed by atoms with E-state index in [1.54, 1.807) is 0 Å². The lowest BCUT2D eigenvalue weighted by Gasteiger charge is -2.56. The summed E-state index contributed by atoms with van der Waals surface area (Å²) in [6.07, 6.45) is 3.16. The van der Waals surface area contributed by atoms with E-state index < -0.39 is 0 Å². The standard InChI is InChI=1S/C17H19BrN4/c1-12-5-6-19-17(20-12)21-10-15-8-16(11-21)22(15)9-13-3-2-4-14(18)7-13/h2-7,15-16H,8-11H2,1H3. The lowest BCUT2D eigenvalue weighted by molar-refractivity contribution is -0.00897. The molecule has 0 amide bonds. The van der Waals surface area contributed by atoms with Crippen molar-refractivity contribution in [1.29, 1.82) is 0 Å². The third-order valence-corrected chi connectivity index (χ3v) is 5.16. The van der Waals surface area contributed by atoms with Crippen LogP contribution in [-0.2, 0) is 6.54 Å². The number of hydrogen-bond acceptors (Lipinski definition) is 4. The Morgan fingerprint density at radius 1 is 1.23 bits per heavy atom. The maximum atomic E-state index is 4.56. The molecule has 0 N–H and O–H groups in total. The Morgan fingerprint density at radius 2 is 2.05 bits per heavy atom. The highest BCUT2D eigenvalue weighted by atomic mass is 79.9. The molecule has 0 saturated carbocycles. The van der Waals surface area contributed by atoms with Gasteiger partial charge in [-0.1, -0.05) is 28.1 Å². The van der Waals surface area contributed by atoms with Gasteiger partial charge in [0.05, 0.1) is 0 Å². The quantitative estimate of drug-likeness (QED) is 0.844. The molecule has 1 aromatic carbocycles. The number of aryl methyl sites for hydroxylation is 1. The van der Waals surface area contributed by atoms with Crippen molar-refractivity contribution in [2.45, 2.75) is 32.0 Å². The summed E-state index contributed by atoms with van der Waals surface area (Å²) in [7, 11) is 0. The van der Waals surface area contributed by atoms with Gasteiger partial charge in [-0.15, -0.1) is 0 Å². The number of nitrogens with zero attached hydrogens (tertiary/aromatic N) is 4. The second-order valence-electron chi connectivity index (χ2n) is 6.25. The largest absolute Gasteiger partial charge is 0.338 e. The average molecular weight is 359 g/mol. The Hall–Kier alpha value is -1.46. The normalized spacial score (nSPS) is 24.2. The highest BCUT2D eigenvalue weighted by Gasteiger charge is 2.44. The summed E-state index contributed by atoms with van der Waals surface area (Å²) in [5.41, 5.74) is 2.42. The van der Waals surface area contributed by atoms with E-state index in [9.17, 15) is 0 Å². The van der Waals surface area contributed by atoms with Crippen molar-refractivity contribution in [3.8, 4) is 0 Å². The zero-order valence-electron chi connectivity index (χ0n) is 12.6. The fourth-order valence-electron chi connectivity index (χ4n) is 3.54. The van der Waals surface area contributed by atoms with E-state index >= 15 is 0 Å². The Balaban J connectivity index is 1.44. The first-order valence-corrected chi connectivity index (χ1v) is 8.53. The van der Waals surface area contributed by atoms with Crippen molar-refractivity contribution >= 4 is 21.9 Å².